The fourth-order valence-corrected chi connectivity index (χ4v) is 3.29. The van der Waals surface area contributed by atoms with E-state index < -0.39 is 5.92 Å². The van der Waals surface area contributed by atoms with Crippen molar-refractivity contribution in [3.05, 3.63) is 82.2 Å². The Hall–Kier alpha value is -3.23. The molecule has 122 valence electrons. The zero-order chi connectivity index (χ0) is 17.4. The summed E-state index contributed by atoms with van der Waals surface area (Å²) in [6.45, 7) is 0. The Labute approximate surface area is 149 Å². The number of hydrogen-bond acceptors (Lipinski definition) is 4. The van der Waals surface area contributed by atoms with E-state index in [2.05, 4.69) is 16.3 Å². The lowest BCUT2D eigenvalue weighted by atomic mass is 9.83. The number of ether oxygens (including phenoxy) is 1. The zero-order valence-corrected chi connectivity index (χ0v) is 13.8. The average molecular weight is 349 g/mol. The van der Waals surface area contributed by atoms with Crippen molar-refractivity contribution in [3.63, 3.8) is 0 Å². The molecule has 5 nitrogen and oxygen atoms in total. The molecule has 3 aromatic rings. The van der Waals surface area contributed by atoms with Gasteiger partial charge in [0.25, 0.3) is 0 Å². The molecule has 4 rings (SSSR count). The Kier molecular flexibility index (Phi) is 3.68. The molecule has 25 heavy (non-hydrogen) atoms. The van der Waals surface area contributed by atoms with Crippen LogP contribution < -0.4 is 10.5 Å². The summed E-state index contributed by atoms with van der Waals surface area (Å²) >= 11 is 6.16. The summed E-state index contributed by atoms with van der Waals surface area (Å²) in [5, 5.41) is 17.5. The van der Waals surface area contributed by atoms with Crippen LogP contribution in [0.15, 0.2) is 66.1 Å². The second-order valence-electron chi connectivity index (χ2n) is 5.66. The largest absolute Gasteiger partial charge is 0.420 e. The molecule has 0 saturated heterocycles. The zero-order valence-electron chi connectivity index (χ0n) is 13.0. The van der Waals surface area contributed by atoms with E-state index in [1.54, 1.807) is 6.07 Å². The number of nitrogens with two attached hydrogens (primary N) is 1. The number of halogens is 1. The van der Waals surface area contributed by atoms with Crippen LogP contribution in [0.1, 0.15) is 17.0 Å². The van der Waals surface area contributed by atoms with Crippen molar-refractivity contribution in [1.29, 1.82) is 5.26 Å². The summed E-state index contributed by atoms with van der Waals surface area (Å²) in [7, 11) is 0. The number of rotatable bonds is 2. The van der Waals surface area contributed by atoms with Gasteiger partial charge in [0.2, 0.25) is 11.8 Å². The molecule has 1 aliphatic heterocycles. The molecule has 1 atom stereocenters. The van der Waals surface area contributed by atoms with Crippen LogP contribution in [0.2, 0.25) is 5.02 Å². The maximum atomic E-state index is 9.66. The average Bonchev–Trinajstić information content (AvgIpc) is 3.04. The van der Waals surface area contributed by atoms with Crippen LogP contribution in [-0.4, -0.2) is 10.2 Å². The van der Waals surface area contributed by atoms with Crippen molar-refractivity contribution in [2.24, 2.45) is 5.73 Å². The minimum Gasteiger partial charge on any atom is -0.420 e. The first-order valence-electron chi connectivity index (χ1n) is 7.65. The van der Waals surface area contributed by atoms with Gasteiger partial charge in [0.05, 0.1) is 17.2 Å². The number of fused-ring (bicyclic) bond motifs is 1. The molecule has 6 heteroatoms. The Morgan fingerprint density at radius 1 is 1.16 bits per heavy atom. The monoisotopic (exact) mass is 348 g/mol. The van der Waals surface area contributed by atoms with Crippen molar-refractivity contribution in [3.8, 4) is 23.2 Å². The van der Waals surface area contributed by atoms with Gasteiger partial charge in [0, 0.05) is 5.02 Å². The standard InChI is InChI=1S/C19H13ClN4O/c20-13-8-4-7-12(9-13)15-14(10-21)18(22)25-19-16(15)17(23-24-19)11-5-2-1-3-6-11/h1-9,15H,22H2,(H,23,24)/t15-/m1/s1. The van der Waals surface area contributed by atoms with Gasteiger partial charge in [0.1, 0.15) is 11.6 Å². The number of benzene rings is 2. The summed E-state index contributed by atoms with van der Waals surface area (Å²) in [5.41, 5.74) is 9.68. The maximum absolute atomic E-state index is 9.66. The summed E-state index contributed by atoms with van der Waals surface area (Å²) in [6, 6.07) is 19.3. The number of aromatic amines is 1. The first kappa shape index (κ1) is 15.3. The van der Waals surface area contributed by atoms with Crippen molar-refractivity contribution in [1.82, 2.24) is 10.2 Å². The van der Waals surface area contributed by atoms with Gasteiger partial charge in [-0.2, -0.15) is 5.26 Å². The molecule has 0 saturated carbocycles. The van der Waals surface area contributed by atoms with Gasteiger partial charge in [-0.1, -0.05) is 54.1 Å². The molecule has 1 aliphatic rings. The first-order chi connectivity index (χ1) is 12.2. The predicted octanol–water partition coefficient (Wildman–Crippen LogP) is 3.95. The Bertz CT molecular complexity index is 1020. The molecule has 3 N–H and O–H groups in total. The molecule has 1 aromatic heterocycles. The van der Waals surface area contributed by atoms with Gasteiger partial charge in [0.15, 0.2) is 0 Å². The number of aromatic nitrogens is 2. The molecule has 2 aromatic carbocycles. The van der Waals surface area contributed by atoms with E-state index in [-0.39, 0.29) is 5.88 Å². The normalized spacial score (nSPS) is 16.1. The van der Waals surface area contributed by atoms with Gasteiger partial charge in [-0.3, -0.25) is 5.10 Å². The van der Waals surface area contributed by atoms with Crippen molar-refractivity contribution in [2.75, 3.05) is 0 Å². The quantitative estimate of drug-likeness (QED) is 0.734. The van der Waals surface area contributed by atoms with Crippen LogP contribution in [-0.2, 0) is 0 Å². The molecule has 2 heterocycles. The van der Waals surface area contributed by atoms with E-state index in [9.17, 15) is 5.26 Å². The number of nitrogens with one attached hydrogen (secondary N) is 1. The lowest BCUT2D eigenvalue weighted by Crippen LogP contribution is -2.20. The molecule has 0 aliphatic carbocycles. The third kappa shape index (κ3) is 2.53. The highest BCUT2D eigenvalue weighted by molar-refractivity contribution is 6.30. The second-order valence-corrected chi connectivity index (χ2v) is 6.10. The van der Waals surface area contributed by atoms with Crippen LogP contribution in [0.25, 0.3) is 11.3 Å². The highest BCUT2D eigenvalue weighted by Crippen LogP contribution is 2.45. The maximum Gasteiger partial charge on any atom is 0.244 e. The third-order valence-electron chi connectivity index (χ3n) is 4.18. The van der Waals surface area contributed by atoms with Crippen molar-refractivity contribution < 1.29 is 4.74 Å². The molecule has 0 bridgehead atoms. The SMILES string of the molecule is N#CC1=C(N)Oc2n[nH]c(-c3ccccc3)c2[C@@H]1c1cccc(Cl)c1. The lowest BCUT2D eigenvalue weighted by molar-refractivity contribution is 0.379. The number of H-pyrrole nitrogens is 1. The molecule has 0 radical (unpaired) electrons. The van der Waals surface area contributed by atoms with E-state index >= 15 is 0 Å². The van der Waals surface area contributed by atoms with Gasteiger partial charge in [-0.15, -0.1) is 5.10 Å². The number of nitrogens with zero attached hydrogens (tertiary/aromatic N) is 2. The number of allylic oxidation sites excluding steroid dienone is 1. The van der Waals surface area contributed by atoms with Crippen LogP contribution in [0, 0.1) is 11.3 Å². The van der Waals surface area contributed by atoms with E-state index in [1.807, 2.05) is 48.5 Å². The summed E-state index contributed by atoms with van der Waals surface area (Å²) in [4.78, 5) is 0. The van der Waals surface area contributed by atoms with Gasteiger partial charge >= 0.3 is 0 Å². The van der Waals surface area contributed by atoms with E-state index in [0.29, 0.717) is 16.5 Å². The molecule has 0 amide bonds. The summed E-state index contributed by atoms with van der Waals surface area (Å²) < 4.78 is 5.58. The smallest absolute Gasteiger partial charge is 0.244 e. The van der Waals surface area contributed by atoms with Crippen LogP contribution in [0.4, 0.5) is 0 Å². The van der Waals surface area contributed by atoms with Gasteiger partial charge in [-0.05, 0) is 23.3 Å². The second kappa shape index (κ2) is 6.00. The van der Waals surface area contributed by atoms with E-state index in [1.165, 1.54) is 0 Å². The van der Waals surface area contributed by atoms with Gasteiger partial charge < -0.3 is 10.5 Å². The minimum atomic E-state index is -0.401. The molecular weight excluding hydrogens is 336 g/mol. The number of nitriles is 1. The topological polar surface area (TPSA) is 87.7 Å². The lowest BCUT2D eigenvalue weighted by Gasteiger charge is -2.24. The van der Waals surface area contributed by atoms with E-state index in [4.69, 9.17) is 22.1 Å². The summed E-state index contributed by atoms with van der Waals surface area (Å²) in [6.07, 6.45) is 0. The third-order valence-corrected chi connectivity index (χ3v) is 4.42. The molecular formula is C19H13ClN4O. The first-order valence-corrected chi connectivity index (χ1v) is 8.03. The van der Waals surface area contributed by atoms with Crippen molar-refractivity contribution in [2.45, 2.75) is 5.92 Å². The fraction of sp³-hybridized carbons (Fsp3) is 0.0526. The minimum absolute atomic E-state index is 0.0612. The number of hydrogen-bond donors (Lipinski definition) is 2. The molecule has 0 fully saturated rings. The van der Waals surface area contributed by atoms with Crippen LogP contribution in [0.3, 0.4) is 0 Å². The Morgan fingerprint density at radius 3 is 2.68 bits per heavy atom. The molecule has 0 spiro atoms. The molecule has 0 unspecified atom stereocenters. The highest BCUT2D eigenvalue weighted by atomic mass is 35.5. The predicted molar refractivity (Wildman–Crippen MR) is 94.8 cm³/mol. The van der Waals surface area contributed by atoms with E-state index in [0.717, 1.165) is 22.4 Å². The van der Waals surface area contributed by atoms with Crippen LogP contribution >= 0.6 is 11.6 Å². The highest BCUT2D eigenvalue weighted by Gasteiger charge is 2.35. The van der Waals surface area contributed by atoms with Crippen LogP contribution in [0.5, 0.6) is 5.88 Å². The van der Waals surface area contributed by atoms with Gasteiger partial charge in [-0.25, -0.2) is 0 Å². The fourth-order valence-electron chi connectivity index (χ4n) is 3.09. The Balaban J connectivity index is 1.97. The summed E-state index contributed by atoms with van der Waals surface area (Å²) in [5.74, 6) is 0.0350. The van der Waals surface area contributed by atoms with Crippen molar-refractivity contribution >= 4 is 11.6 Å². The Morgan fingerprint density at radius 2 is 1.96 bits per heavy atom.